The summed E-state index contributed by atoms with van der Waals surface area (Å²) in [5.41, 5.74) is -1.77. The first-order valence-corrected chi connectivity index (χ1v) is 4.10. The van der Waals surface area contributed by atoms with Gasteiger partial charge in [0.1, 0.15) is 5.67 Å². The molecule has 0 aliphatic heterocycles. The second kappa shape index (κ2) is 2.21. The number of aliphatic carboxylic acids is 1. The summed E-state index contributed by atoms with van der Waals surface area (Å²) in [5.74, 6) is -1.74. The maximum Gasteiger partial charge on any atom is 0.307 e. The zero-order chi connectivity index (χ0) is 9.73. The van der Waals surface area contributed by atoms with Crippen LogP contribution in [0.1, 0.15) is 27.7 Å². The minimum absolute atomic E-state index is 0.345. The third-order valence-corrected chi connectivity index (χ3v) is 2.83. The van der Waals surface area contributed by atoms with Crippen molar-refractivity contribution in [2.75, 3.05) is 0 Å². The predicted molar refractivity (Wildman–Crippen MR) is 43.6 cm³/mol. The van der Waals surface area contributed by atoms with Gasteiger partial charge < -0.3 is 5.11 Å². The average molecular weight is 174 g/mol. The fourth-order valence-electron chi connectivity index (χ4n) is 2.38. The van der Waals surface area contributed by atoms with Gasteiger partial charge in [-0.3, -0.25) is 4.79 Å². The first-order chi connectivity index (χ1) is 5.19. The Balaban J connectivity index is 2.80. The molecule has 1 fully saturated rings. The molecule has 12 heavy (non-hydrogen) atoms. The summed E-state index contributed by atoms with van der Waals surface area (Å²) in [6.07, 6.45) is 0. The van der Waals surface area contributed by atoms with E-state index in [-0.39, 0.29) is 11.3 Å². The number of rotatable bonds is 2. The van der Waals surface area contributed by atoms with E-state index in [1.807, 2.05) is 0 Å². The molecule has 0 amide bonds. The van der Waals surface area contributed by atoms with E-state index in [1.165, 1.54) is 13.8 Å². The molecule has 1 aliphatic carbocycles. The highest BCUT2D eigenvalue weighted by atomic mass is 19.1. The van der Waals surface area contributed by atoms with Gasteiger partial charge in [-0.05, 0) is 19.3 Å². The quantitative estimate of drug-likeness (QED) is 0.696. The number of hydrogen-bond acceptors (Lipinski definition) is 1. The van der Waals surface area contributed by atoms with Gasteiger partial charge in [-0.1, -0.05) is 13.8 Å². The molecule has 0 unspecified atom stereocenters. The molecule has 0 spiro atoms. The van der Waals surface area contributed by atoms with Crippen molar-refractivity contribution in [3.05, 3.63) is 0 Å². The molecule has 1 N–H and O–H groups in total. The van der Waals surface area contributed by atoms with Crippen LogP contribution in [0.4, 0.5) is 4.39 Å². The van der Waals surface area contributed by atoms with Crippen molar-refractivity contribution in [1.82, 2.24) is 0 Å². The maximum absolute atomic E-state index is 13.4. The molecule has 1 saturated carbocycles. The van der Waals surface area contributed by atoms with Crippen molar-refractivity contribution in [2.45, 2.75) is 33.4 Å². The van der Waals surface area contributed by atoms with Crippen LogP contribution in [0.5, 0.6) is 0 Å². The summed E-state index contributed by atoms with van der Waals surface area (Å²) >= 11 is 0. The van der Waals surface area contributed by atoms with Gasteiger partial charge in [0, 0.05) is 5.92 Å². The lowest BCUT2D eigenvalue weighted by atomic mass is 9.98. The van der Waals surface area contributed by atoms with E-state index < -0.39 is 17.6 Å². The molecule has 0 aromatic carbocycles. The second-order valence-electron chi connectivity index (χ2n) is 4.68. The Morgan fingerprint density at radius 2 is 1.92 bits per heavy atom. The number of hydrogen-bond donors (Lipinski definition) is 1. The summed E-state index contributed by atoms with van der Waals surface area (Å²) in [5, 5.41) is 8.76. The lowest BCUT2D eigenvalue weighted by Gasteiger charge is -2.14. The Hall–Kier alpha value is -0.600. The normalized spacial score (nSPS) is 33.1. The van der Waals surface area contributed by atoms with Gasteiger partial charge in [-0.15, -0.1) is 0 Å². The van der Waals surface area contributed by atoms with Crippen LogP contribution in [0.2, 0.25) is 0 Å². The van der Waals surface area contributed by atoms with E-state index >= 15 is 0 Å². The van der Waals surface area contributed by atoms with E-state index in [0.717, 1.165) is 0 Å². The molecular formula is C9H15FO2. The lowest BCUT2D eigenvalue weighted by Crippen LogP contribution is -2.19. The third-order valence-electron chi connectivity index (χ3n) is 2.83. The van der Waals surface area contributed by atoms with Crippen LogP contribution >= 0.6 is 0 Å². The molecule has 1 rings (SSSR count). The van der Waals surface area contributed by atoms with Gasteiger partial charge in [0.25, 0.3) is 0 Å². The topological polar surface area (TPSA) is 37.3 Å². The van der Waals surface area contributed by atoms with E-state index in [4.69, 9.17) is 5.11 Å². The highest BCUT2D eigenvalue weighted by molar-refractivity contribution is 5.75. The molecule has 0 aromatic rings. The summed E-state index contributed by atoms with van der Waals surface area (Å²) in [6.45, 7) is 6.50. The Kier molecular flexibility index (Phi) is 1.75. The Bertz CT molecular complexity index is 215. The van der Waals surface area contributed by atoms with Gasteiger partial charge in [-0.25, -0.2) is 4.39 Å². The summed E-state index contributed by atoms with van der Waals surface area (Å²) in [4.78, 5) is 10.7. The van der Waals surface area contributed by atoms with E-state index in [2.05, 4.69) is 0 Å². The third kappa shape index (κ3) is 1.21. The van der Waals surface area contributed by atoms with Crippen LogP contribution in [0.25, 0.3) is 0 Å². The van der Waals surface area contributed by atoms with Crippen molar-refractivity contribution in [3.8, 4) is 0 Å². The van der Waals surface area contributed by atoms with Crippen molar-refractivity contribution in [3.63, 3.8) is 0 Å². The number of halogens is 1. The second-order valence-corrected chi connectivity index (χ2v) is 4.68. The molecule has 0 heterocycles. The van der Waals surface area contributed by atoms with Crippen molar-refractivity contribution in [2.24, 2.45) is 17.3 Å². The zero-order valence-electron chi connectivity index (χ0n) is 7.89. The summed E-state index contributed by atoms with van der Waals surface area (Å²) < 4.78 is 13.4. The highest BCUT2D eigenvalue weighted by Crippen LogP contribution is 2.63. The number of carboxylic acid groups (broad SMARTS) is 1. The first-order valence-electron chi connectivity index (χ1n) is 4.10. The van der Waals surface area contributed by atoms with Gasteiger partial charge in [0.05, 0.1) is 5.92 Å². The van der Waals surface area contributed by atoms with Crippen LogP contribution in [-0.2, 0) is 4.79 Å². The van der Waals surface area contributed by atoms with Gasteiger partial charge in [-0.2, -0.15) is 0 Å². The average Bonchev–Trinajstić information content (AvgIpc) is 2.31. The molecule has 0 aromatic heterocycles. The largest absolute Gasteiger partial charge is 0.481 e. The lowest BCUT2D eigenvalue weighted by molar-refractivity contribution is -0.139. The number of alkyl halides is 1. The molecule has 1 aliphatic rings. The summed E-state index contributed by atoms with van der Waals surface area (Å²) in [6, 6.07) is 0. The van der Waals surface area contributed by atoms with Crippen LogP contribution in [-0.4, -0.2) is 16.7 Å². The molecule has 0 saturated heterocycles. The standard InChI is InChI=1S/C9H15FO2/c1-8(2)5(7(11)12)6(8)9(3,4)10/h5-6H,1-4H3,(H,11,12)/t5-,6+/m0/s1. The van der Waals surface area contributed by atoms with E-state index in [9.17, 15) is 9.18 Å². The smallest absolute Gasteiger partial charge is 0.307 e. The molecule has 2 nitrogen and oxygen atoms in total. The monoisotopic (exact) mass is 174 g/mol. The summed E-state index contributed by atoms with van der Waals surface area (Å²) in [7, 11) is 0. The molecule has 3 heteroatoms. The zero-order valence-corrected chi connectivity index (χ0v) is 7.89. The Morgan fingerprint density at radius 1 is 1.50 bits per heavy atom. The predicted octanol–water partition coefficient (Wildman–Crippen LogP) is 2.09. The van der Waals surface area contributed by atoms with Crippen molar-refractivity contribution >= 4 is 5.97 Å². The molecule has 2 atom stereocenters. The van der Waals surface area contributed by atoms with Gasteiger partial charge in [0.15, 0.2) is 0 Å². The van der Waals surface area contributed by atoms with Crippen LogP contribution in [0.15, 0.2) is 0 Å². The molecule has 70 valence electrons. The maximum atomic E-state index is 13.4. The molecule has 0 bridgehead atoms. The van der Waals surface area contributed by atoms with Crippen LogP contribution in [0, 0.1) is 17.3 Å². The van der Waals surface area contributed by atoms with E-state index in [1.54, 1.807) is 13.8 Å². The number of carbonyl (C=O) groups is 1. The van der Waals surface area contributed by atoms with Crippen molar-refractivity contribution in [1.29, 1.82) is 0 Å². The molecule has 0 radical (unpaired) electrons. The number of carboxylic acids is 1. The minimum Gasteiger partial charge on any atom is -0.481 e. The Labute approximate surface area is 71.8 Å². The van der Waals surface area contributed by atoms with Crippen LogP contribution < -0.4 is 0 Å². The van der Waals surface area contributed by atoms with Gasteiger partial charge >= 0.3 is 5.97 Å². The van der Waals surface area contributed by atoms with Crippen molar-refractivity contribution < 1.29 is 14.3 Å². The van der Waals surface area contributed by atoms with E-state index in [0.29, 0.717) is 0 Å². The molecular weight excluding hydrogens is 159 g/mol. The van der Waals surface area contributed by atoms with Crippen LogP contribution in [0.3, 0.4) is 0 Å². The first kappa shape index (κ1) is 9.49. The highest BCUT2D eigenvalue weighted by Gasteiger charge is 2.68. The Morgan fingerprint density at radius 3 is 2.00 bits per heavy atom. The minimum atomic E-state index is -1.38. The fraction of sp³-hybridized carbons (Fsp3) is 0.889. The van der Waals surface area contributed by atoms with Gasteiger partial charge in [0.2, 0.25) is 0 Å². The fourth-order valence-corrected chi connectivity index (χ4v) is 2.38. The SMILES string of the molecule is CC(C)(F)[C@@H]1[C@@H](C(=O)O)C1(C)C.